The van der Waals surface area contributed by atoms with E-state index in [1.165, 1.54) is 0 Å². The van der Waals surface area contributed by atoms with Gasteiger partial charge < -0.3 is 20.5 Å². The molecule has 7 heteroatoms. The molecule has 1 aromatic rings. The van der Waals surface area contributed by atoms with Gasteiger partial charge >= 0.3 is 12.1 Å². The first-order valence-electron chi connectivity index (χ1n) is 7.52. The molecule has 23 heavy (non-hydrogen) atoms. The largest absolute Gasteiger partial charge is 0.478 e. The van der Waals surface area contributed by atoms with E-state index in [9.17, 15) is 14.7 Å². The van der Waals surface area contributed by atoms with Crippen LogP contribution in [0.1, 0.15) is 48.8 Å². The van der Waals surface area contributed by atoms with Crippen LogP contribution in [0.5, 0.6) is 0 Å². The molecule has 0 bridgehead atoms. The monoisotopic (exact) mass is 323 g/mol. The molecular weight excluding hydrogens is 298 g/mol. The van der Waals surface area contributed by atoms with Gasteiger partial charge in [0.25, 0.3) is 0 Å². The Morgan fingerprint density at radius 3 is 2.48 bits per heavy atom. The number of carboxylic acids is 1. The van der Waals surface area contributed by atoms with E-state index in [2.05, 4.69) is 15.6 Å². The second-order valence-corrected chi connectivity index (χ2v) is 6.32. The number of anilines is 1. The second kappa shape index (κ2) is 7.80. The van der Waals surface area contributed by atoms with Crippen LogP contribution < -0.4 is 10.6 Å². The van der Waals surface area contributed by atoms with Gasteiger partial charge in [0.2, 0.25) is 0 Å². The summed E-state index contributed by atoms with van der Waals surface area (Å²) in [5.41, 5.74) is 1.07. The molecule has 0 saturated heterocycles. The van der Waals surface area contributed by atoms with Crippen molar-refractivity contribution in [2.24, 2.45) is 0 Å². The van der Waals surface area contributed by atoms with Crippen LogP contribution in [0, 0.1) is 13.8 Å². The van der Waals surface area contributed by atoms with Crippen molar-refractivity contribution in [1.29, 1.82) is 0 Å². The summed E-state index contributed by atoms with van der Waals surface area (Å²) in [5, 5.41) is 14.9. The summed E-state index contributed by atoms with van der Waals surface area (Å²) in [6, 6.07) is 1.73. The Hall–Kier alpha value is -2.31. The minimum atomic E-state index is -1.01. The van der Waals surface area contributed by atoms with Crippen molar-refractivity contribution in [2.45, 2.75) is 46.6 Å². The number of carboxylic acid groups (broad SMARTS) is 1. The number of pyridine rings is 1. The Labute approximate surface area is 136 Å². The van der Waals surface area contributed by atoms with Crippen molar-refractivity contribution in [3.05, 3.63) is 22.9 Å². The Balaban J connectivity index is 2.48. The van der Waals surface area contributed by atoms with Gasteiger partial charge in [-0.05, 0) is 52.7 Å². The number of hydrogen-bond acceptors (Lipinski definition) is 5. The Morgan fingerprint density at radius 2 is 1.91 bits per heavy atom. The number of nitrogens with one attached hydrogen (secondary N) is 2. The molecule has 0 aliphatic rings. The molecule has 0 spiro atoms. The molecule has 128 valence electrons. The quantitative estimate of drug-likeness (QED) is 0.696. The van der Waals surface area contributed by atoms with Crippen LogP contribution in [0.4, 0.5) is 10.6 Å². The Morgan fingerprint density at radius 1 is 1.26 bits per heavy atom. The van der Waals surface area contributed by atoms with Crippen molar-refractivity contribution in [1.82, 2.24) is 10.3 Å². The van der Waals surface area contributed by atoms with E-state index in [1.54, 1.807) is 33.8 Å². The van der Waals surface area contributed by atoms with Crippen molar-refractivity contribution in [3.8, 4) is 0 Å². The van der Waals surface area contributed by atoms with Gasteiger partial charge in [-0.3, -0.25) is 0 Å². The van der Waals surface area contributed by atoms with Crippen molar-refractivity contribution in [3.63, 3.8) is 0 Å². The van der Waals surface area contributed by atoms with Crippen molar-refractivity contribution in [2.75, 3.05) is 18.4 Å². The van der Waals surface area contributed by atoms with Gasteiger partial charge in [0.1, 0.15) is 17.0 Å². The normalized spacial score (nSPS) is 11.0. The summed E-state index contributed by atoms with van der Waals surface area (Å²) in [4.78, 5) is 27.0. The van der Waals surface area contributed by atoms with Gasteiger partial charge in [-0.25, -0.2) is 14.6 Å². The fourth-order valence-corrected chi connectivity index (χ4v) is 2.03. The second-order valence-electron chi connectivity index (χ2n) is 6.32. The number of aryl methyl sites for hydroxylation is 2. The Kier molecular flexibility index (Phi) is 6.36. The molecule has 0 aromatic carbocycles. The maximum Gasteiger partial charge on any atom is 0.407 e. The molecule has 1 aromatic heterocycles. The number of rotatable bonds is 6. The smallest absolute Gasteiger partial charge is 0.407 e. The van der Waals surface area contributed by atoms with Gasteiger partial charge in [-0.2, -0.15) is 0 Å². The zero-order valence-electron chi connectivity index (χ0n) is 14.3. The maximum absolute atomic E-state index is 11.5. The lowest BCUT2D eigenvalue weighted by molar-refractivity contribution is 0.0527. The van der Waals surface area contributed by atoms with Crippen LogP contribution in [0.25, 0.3) is 0 Å². The van der Waals surface area contributed by atoms with Gasteiger partial charge in [0.05, 0.1) is 0 Å². The Bertz CT molecular complexity index is 579. The van der Waals surface area contributed by atoms with E-state index < -0.39 is 17.7 Å². The summed E-state index contributed by atoms with van der Waals surface area (Å²) in [6.07, 6.45) is 0.153. The van der Waals surface area contributed by atoms with E-state index in [-0.39, 0.29) is 5.56 Å². The first kappa shape index (κ1) is 18.7. The SMILES string of the molecule is Cc1cc(C)c(C(=O)O)c(NCCCNC(=O)OC(C)(C)C)n1. The van der Waals surface area contributed by atoms with E-state index in [0.717, 1.165) is 5.69 Å². The van der Waals surface area contributed by atoms with Gasteiger partial charge in [0.15, 0.2) is 0 Å². The van der Waals surface area contributed by atoms with Crippen LogP contribution in [-0.2, 0) is 4.74 Å². The first-order chi connectivity index (χ1) is 10.6. The molecule has 0 aliphatic heterocycles. The molecule has 0 unspecified atom stereocenters. The average molecular weight is 323 g/mol. The highest BCUT2D eigenvalue weighted by Gasteiger charge is 2.16. The zero-order chi connectivity index (χ0) is 17.6. The molecule has 1 heterocycles. The summed E-state index contributed by atoms with van der Waals surface area (Å²) in [6.45, 7) is 9.87. The van der Waals surface area contributed by atoms with Crippen LogP contribution in [0.15, 0.2) is 6.07 Å². The highest BCUT2D eigenvalue weighted by Crippen LogP contribution is 2.18. The van der Waals surface area contributed by atoms with E-state index in [0.29, 0.717) is 30.9 Å². The molecule has 3 N–H and O–H groups in total. The molecule has 7 nitrogen and oxygen atoms in total. The third-order valence-electron chi connectivity index (χ3n) is 2.87. The number of carbonyl (C=O) groups is 2. The number of hydrogen-bond donors (Lipinski definition) is 3. The minimum absolute atomic E-state index is 0.177. The lowest BCUT2D eigenvalue weighted by Crippen LogP contribution is -2.33. The molecule has 1 amide bonds. The number of aromatic nitrogens is 1. The van der Waals surface area contributed by atoms with Crippen LogP contribution in [0.2, 0.25) is 0 Å². The molecular formula is C16H25N3O4. The summed E-state index contributed by atoms with van der Waals surface area (Å²) < 4.78 is 5.12. The number of ether oxygens (including phenoxy) is 1. The highest BCUT2D eigenvalue weighted by molar-refractivity contribution is 5.94. The third-order valence-corrected chi connectivity index (χ3v) is 2.87. The summed E-state index contributed by atoms with van der Waals surface area (Å²) >= 11 is 0. The number of carbonyl (C=O) groups excluding carboxylic acids is 1. The van der Waals surface area contributed by atoms with E-state index in [4.69, 9.17) is 4.74 Å². The minimum Gasteiger partial charge on any atom is -0.478 e. The molecule has 0 fully saturated rings. The fourth-order valence-electron chi connectivity index (χ4n) is 2.03. The molecule has 0 saturated carbocycles. The first-order valence-corrected chi connectivity index (χ1v) is 7.52. The highest BCUT2D eigenvalue weighted by atomic mass is 16.6. The van der Waals surface area contributed by atoms with Crippen molar-refractivity contribution < 1.29 is 19.4 Å². The topological polar surface area (TPSA) is 101 Å². The van der Waals surface area contributed by atoms with Crippen LogP contribution in [-0.4, -0.2) is 40.8 Å². The lowest BCUT2D eigenvalue weighted by Gasteiger charge is -2.19. The van der Waals surface area contributed by atoms with E-state index in [1.807, 2.05) is 6.92 Å². The maximum atomic E-state index is 11.5. The molecule has 0 atom stereocenters. The average Bonchev–Trinajstić information content (AvgIpc) is 2.34. The number of nitrogens with zero attached hydrogens (tertiary/aromatic N) is 1. The summed E-state index contributed by atoms with van der Waals surface area (Å²) in [7, 11) is 0. The zero-order valence-corrected chi connectivity index (χ0v) is 14.3. The molecule has 0 aliphatic carbocycles. The lowest BCUT2D eigenvalue weighted by atomic mass is 10.1. The number of aromatic carboxylic acids is 1. The van der Waals surface area contributed by atoms with Gasteiger partial charge in [-0.15, -0.1) is 0 Å². The van der Waals surface area contributed by atoms with Crippen molar-refractivity contribution >= 4 is 17.9 Å². The predicted octanol–water partition coefficient (Wildman–Crippen LogP) is 2.72. The number of amides is 1. The van der Waals surface area contributed by atoms with E-state index >= 15 is 0 Å². The van der Waals surface area contributed by atoms with Crippen LogP contribution >= 0.6 is 0 Å². The number of alkyl carbamates (subject to hydrolysis) is 1. The van der Waals surface area contributed by atoms with Gasteiger partial charge in [-0.1, -0.05) is 0 Å². The van der Waals surface area contributed by atoms with Crippen LogP contribution in [0.3, 0.4) is 0 Å². The molecule has 0 radical (unpaired) electrons. The fraction of sp³-hybridized carbons (Fsp3) is 0.562. The third kappa shape index (κ3) is 6.54. The van der Waals surface area contributed by atoms with Gasteiger partial charge in [0, 0.05) is 18.8 Å². The standard InChI is InChI=1S/C16H25N3O4/c1-10-9-11(2)19-13(12(10)14(20)21)17-7-6-8-18-15(22)23-16(3,4)5/h9H,6-8H2,1-5H3,(H,17,19)(H,18,22)(H,20,21). The predicted molar refractivity (Wildman–Crippen MR) is 88.0 cm³/mol. The molecule has 1 rings (SSSR count). The summed E-state index contributed by atoms with van der Waals surface area (Å²) in [5.74, 6) is -0.656.